The topological polar surface area (TPSA) is 79.8 Å². The average Bonchev–Trinajstić information content (AvgIpc) is 2.69. The van der Waals surface area contributed by atoms with Crippen LogP contribution in [0.2, 0.25) is 0 Å². The Labute approximate surface area is 159 Å². The molecule has 2 aromatic heterocycles. The third kappa shape index (κ3) is 4.67. The number of pyridine rings is 1. The Morgan fingerprint density at radius 1 is 1.04 bits per heavy atom. The lowest BCUT2D eigenvalue weighted by molar-refractivity contribution is 0.0949. The van der Waals surface area contributed by atoms with Gasteiger partial charge in [-0.25, -0.2) is 9.97 Å². The average molecular weight is 361 g/mol. The Hall–Kier alpha value is -3.28. The van der Waals surface area contributed by atoms with E-state index in [0.717, 1.165) is 16.9 Å². The number of aromatic nitrogens is 3. The molecule has 0 saturated heterocycles. The second-order valence-electron chi connectivity index (χ2n) is 6.62. The molecule has 0 unspecified atom stereocenters. The summed E-state index contributed by atoms with van der Waals surface area (Å²) in [6.45, 7) is 6.71. The van der Waals surface area contributed by atoms with Crippen molar-refractivity contribution < 1.29 is 4.79 Å². The minimum atomic E-state index is -0.231. The van der Waals surface area contributed by atoms with Crippen molar-refractivity contribution >= 4 is 17.5 Å². The normalized spacial score (nSPS) is 10.7. The number of carbonyl (C=O) groups excluding carboxylic acids is 1. The van der Waals surface area contributed by atoms with Gasteiger partial charge in [-0.05, 0) is 36.1 Å². The number of carbonyl (C=O) groups is 1. The predicted octanol–water partition coefficient (Wildman–Crippen LogP) is 3.98. The molecule has 6 nitrogen and oxygen atoms in total. The van der Waals surface area contributed by atoms with Crippen LogP contribution in [0.5, 0.6) is 0 Å². The Morgan fingerprint density at radius 3 is 2.48 bits per heavy atom. The highest BCUT2D eigenvalue weighted by atomic mass is 16.1. The van der Waals surface area contributed by atoms with Crippen LogP contribution >= 0.6 is 0 Å². The number of para-hydroxylation sites is 1. The first kappa shape index (κ1) is 18.5. The Balaban J connectivity index is 1.68. The minimum Gasteiger partial charge on any atom is -0.346 e. The summed E-state index contributed by atoms with van der Waals surface area (Å²) in [6, 6.07) is 11.8. The molecule has 0 atom stereocenters. The molecule has 6 heteroatoms. The largest absolute Gasteiger partial charge is 0.346 e. The first-order valence-corrected chi connectivity index (χ1v) is 8.91. The van der Waals surface area contributed by atoms with Gasteiger partial charge in [-0.15, -0.1) is 0 Å². The van der Waals surface area contributed by atoms with Crippen LogP contribution in [0.1, 0.15) is 46.9 Å². The van der Waals surface area contributed by atoms with Crippen LogP contribution in [-0.4, -0.2) is 20.9 Å². The zero-order valence-electron chi connectivity index (χ0n) is 15.7. The van der Waals surface area contributed by atoms with Gasteiger partial charge in [0.25, 0.3) is 5.91 Å². The third-order valence-electron chi connectivity index (χ3n) is 4.23. The Morgan fingerprint density at radius 2 is 1.81 bits per heavy atom. The van der Waals surface area contributed by atoms with Gasteiger partial charge >= 0.3 is 0 Å². The summed E-state index contributed by atoms with van der Waals surface area (Å²) in [7, 11) is 0. The number of rotatable bonds is 6. The quantitative estimate of drug-likeness (QED) is 0.694. The lowest BCUT2D eigenvalue weighted by Gasteiger charge is -2.16. The van der Waals surface area contributed by atoms with E-state index in [4.69, 9.17) is 0 Å². The van der Waals surface area contributed by atoms with Crippen molar-refractivity contribution in [2.75, 3.05) is 5.32 Å². The fraction of sp³-hybridized carbons (Fsp3) is 0.238. The highest BCUT2D eigenvalue weighted by molar-refractivity contribution is 5.93. The molecule has 2 heterocycles. The van der Waals surface area contributed by atoms with Crippen LogP contribution in [0.4, 0.5) is 11.6 Å². The van der Waals surface area contributed by atoms with E-state index in [0.29, 0.717) is 24.0 Å². The number of hydrogen-bond acceptors (Lipinski definition) is 5. The van der Waals surface area contributed by atoms with Crippen molar-refractivity contribution in [2.24, 2.45) is 0 Å². The van der Waals surface area contributed by atoms with E-state index in [-0.39, 0.29) is 5.91 Å². The molecule has 0 radical (unpaired) electrons. The molecule has 0 bridgehead atoms. The van der Waals surface area contributed by atoms with Crippen molar-refractivity contribution in [1.82, 2.24) is 20.3 Å². The molecule has 0 aliphatic heterocycles. The molecule has 3 aromatic rings. The molecular weight excluding hydrogens is 338 g/mol. The highest BCUT2D eigenvalue weighted by Crippen LogP contribution is 2.29. The monoisotopic (exact) mass is 361 g/mol. The molecule has 3 rings (SSSR count). The van der Waals surface area contributed by atoms with Crippen molar-refractivity contribution in [1.29, 1.82) is 0 Å². The summed E-state index contributed by atoms with van der Waals surface area (Å²) in [6.07, 6.45) is 4.74. The highest BCUT2D eigenvalue weighted by Gasteiger charge is 2.12. The predicted molar refractivity (Wildman–Crippen MR) is 106 cm³/mol. The van der Waals surface area contributed by atoms with E-state index in [1.807, 2.05) is 37.3 Å². The van der Waals surface area contributed by atoms with Crippen molar-refractivity contribution in [2.45, 2.75) is 33.2 Å². The van der Waals surface area contributed by atoms with Gasteiger partial charge in [-0.3, -0.25) is 9.78 Å². The molecule has 27 heavy (non-hydrogen) atoms. The molecule has 0 aliphatic carbocycles. The summed E-state index contributed by atoms with van der Waals surface area (Å²) >= 11 is 0. The second-order valence-corrected chi connectivity index (χ2v) is 6.62. The Kier molecular flexibility index (Phi) is 5.76. The van der Waals surface area contributed by atoms with E-state index in [9.17, 15) is 4.79 Å². The van der Waals surface area contributed by atoms with E-state index >= 15 is 0 Å². The van der Waals surface area contributed by atoms with Gasteiger partial charge in [-0.1, -0.05) is 38.1 Å². The van der Waals surface area contributed by atoms with E-state index < -0.39 is 0 Å². The second kappa shape index (κ2) is 8.40. The van der Waals surface area contributed by atoms with Gasteiger partial charge in [0.1, 0.15) is 0 Å². The number of aryl methyl sites for hydroxylation is 1. The van der Waals surface area contributed by atoms with E-state index in [2.05, 4.69) is 45.5 Å². The van der Waals surface area contributed by atoms with Gasteiger partial charge < -0.3 is 10.6 Å². The van der Waals surface area contributed by atoms with Gasteiger partial charge in [0.05, 0.1) is 17.8 Å². The first-order valence-electron chi connectivity index (χ1n) is 8.91. The fourth-order valence-corrected chi connectivity index (χ4v) is 2.74. The van der Waals surface area contributed by atoms with Crippen molar-refractivity contribution in [3.63, 3.8) is 0 Å². The summed E-state index contributed by atoms with van der Waals surface area (Å²) in [5.74, 6) is 0.613. The minimum absolute atomic E-state index is 0.231. The molecule has 0 spiro atoms. The number of hydrogen-bond donors (Lipinski definition) is 2. The molecule has 2 N–H and O–H groups in total. The molecule has 138 valence electrons. The molecule has 1 amide bonds. The lowest BCUT2D eigenvalue weighted by atomic mass is 9.98. The van der Waals surface area contributed by atoms with Crippen LogP contribution in [0.15, 0.2) is 55.0 Å². The molecule has 0 aliphatic rings. The summed E-state index contributed by atoms with van der Waals surface area (Å²) in [5, 5.41) is 6.10. The van der Waals surface area contributed by atoms with Gasteiger partial charge in [0.2, 0.25) is 5.95 Å². The molecular formula is C21H23N5O. The van der Waals surface area contributed by atoms with Crippen LogP contribution in [0.3, 0.4) is 0 Å². The van der Waals surface area contributed by atoms with Crippen LogP contribution in [-0.2, 0) is 6.54 Å². The maximum atomic E-state index is 12.2. The van der Waals surface area contributed by atoms with E-state index in [1.54, 1.807) is 6.20 Å². The maximum Gasteiger partial charge on any atom is 0.254 e. The number of anilines is 2. The zero-order valence-corrected chi connectivity index (χ0v) is 15.7. The van der Waals surface area contributed by atoms with E-state index in [1.165, 1.54) is 18.0 Å². The van der Waals surface area contributed by atoms with Crippen molar-refractivity contribution in [3.8, 4) is 0 Å². The van der Waals surface area contributed by atoms with Gasteiger partial charge in [0.15, 0.2) is 0 Å². The summed E-state index contributed by atoms with van der Waals surface area (Å²) < 4.78 is 0. The number of nitrogens with one attached hydrogen (secondary N) is 2. The fourth-order valence-electron chi connectivity index (χ4n) is 2.74. The van der Waals surface area contributed by atoms with Crippen LogP contribution in [0, 0.1) is 6.92 Å². The molecule has 1 aromatic carbocycles. The number of benzene rings is 1. The first-order chi connectivity index (χ1) is 13.0. The van der Waals surface area contributed by atoms with Crippen LogP contribution < -0.4 is 10.6 Å². The van der Waals surface area contributed by atoms with Crippen molar-refractivity contribution in [3.05, 3.63) is 77.4 Å². The SMILES string of the molecule is Cc1cccc(C(C)C)c1Nc1ncc(C(=O)NCc2ccccn2)cn1. The standard InChI is InChI=1S/C21H23N5O/c1-14(2)18-9-6-7-15(3)19(18)26-21-24-11-16(12-25-21)20(27)23-13-17-8-4-5-10-22-17/h4-12,14H,13H2,1-3H3,(H,23,27)(H,24,25,26). The number of amides is 1. The van der Waals surface area contributed by atoms with Crippen LogP contribution in [0.25, 0.3) is 0 Å². The molecule has 0 saturated carbocycles. The molecule has 0 fully saturated rings. The Bertz CT molecular complexity index is 908. The maximum absolute atomic E-state index is 12.2. The smallest absolute Gasteiger partial charge is 0.254 e. The summed E-state index contributed by atoms with van der Waals surface area (Å²) in [5.41, 5.74) is 4.55. The lowest BCUT2D eigenvalue weighted by Crippen LogP contribution is -2.23. The summed E-state index contributed by atoms with van der Waals surface area (Å²) in [4.78, 5) is 25.0. The van der Waals surface area contributed by atoms with Gasteiger partial charge in [-0.2, -0.15) is 0 Å². The number of nitrogens with zero attached hydrogens (tertiary/aromatic N) is 3. The third-order valence-corrected chi connectivity index (χ3v) is 4.23. The van der Waals surface area contributed by atoms with Gasteiger partial charge in [0, 0.05) is 24.3 Å². The zero-order chi connectivity index (χ0) is 19.2.